The van der Waals surface area contributed by atoms with E-state index >= 15 is 0 Å². The number of nitrogens with zero attached hydrogens (tertiary/aromatic N) is 4. The van der Waals surface area contributed by atoms with Gasteiger partial charge in [-0.25, -0.2) is 4.68 Å². The van der Waals surface area contributed by atoms with Gasteiger partial charge in [-0.2, -0.15) is 18.3 Å². The molecule has 7 nitrogen and oxygen atoms in total. The number of fused-ring (bicyclic) bond motifs is 2. The lowest BCUT2D eigenvalue weighted by molar-refractivity contribution is -0.137. The monoisotopic (exact) mass is 567 g/mol. The molecule has 1 spiro atoms. The number of ether oxygens (including phenoxy) is 1. The van der Waals surface area contributed by atoms with Crippen molar-refractivity contribution in [3.05, 3.63) is 69.1 Å². The Balaban J connectivity index is 1.36. The van der Waals surface area contributed by atoms with Crippen LogP contribution in [-0.4, -0.2) is 46.0 Å². The quantitative estimate of drug-likeness (QED) is 0.357. The number of thiophene rings is 1. The average molecular weight is 568 g/mol. The highest BCUT2D eigenvalue weighted by atomic mass is 32.1. The van der Waals surface area contributed by atoms with E-state index in [1.807, 2.05) is 6.07 Å². The number of hydrogen-bond acceptors (Lipinski definition) is 7. The smallest absolute Gasteiger partial charge is 0.416 e. The van der Waals surface area contributed by atoms with Gasteiger partial charge < -0.3 is 15.0 Å². The molecule has 208 valence electrons. The number of aromatic nitrogens is 3. The first kappa shape index (κ1) is 25.5. The summed E-state index contributed by atoms with van der Waals surface area (Å²) >= 11 is 1.42. The molecule has 1 atom stereocenters. The first-order chi connectivity index (χ1) is 19.2. The van der Waals surface area contributed by atoms with Gasteiger partial charge in [0.1, 0.15) is 12.4 Å². The minimum atomic E-state index is -4.52. The molecule has 1 saturated heterocycles. The van der Waals surface area contributed by atoms with Crippen LogP contribution in [0.1, 0.15) is 41.7 Å². The standard InChI is InChI=1S/C29H28F3N5O2S/c1-17-3-8-35-37(27(17)38)16-20-13-23-26(40-20)21(4-7-33-23)22-11-18(29(30,31)32)12-24-25(22)36(9-10-39-24)19-14-28(34-15-19)5-2-6-28/h3-4,7-8,11-13,19,34H,2,5-6,9-10,14-16H2,1H3. The lowest BCUT2D eigenvalue weighted by Gasteiger charge is -2.41. The summed E-state index contributed by atoms with van der Waals surface area (Å²) in [5, 5.41) is 7.90. The maximum Gasteiger partial charge on any atom is 0.416 e. The van der Waals surface area contributed by atoms with E-state index in [-0.39, 0.29) is 29.4 Å². The van der Waals surface area contributed by atoms with E-state index < -0.39 is 11.7 Å². The number of benzene rings is 1. The number of pyridine rings is 1. The van der Waals surface area contributed by atoms with Crippen molar-refractivity contribution in [1.82, 2.24) is 20.1 Å². The van der Waals surface area contributed by atoms with Crippen molar-refractivity contribution in [2.75, 3.05) is 24.6 Å². The summed E-state index contributed by atoms with van der Waals surface area (Å²) in [6.07, 6.45) is 3.16. The van der Waals surface area contributed by atoms with Crippen LogP contribution in [0.25, 0.3) is 21.3 Å². The van der Waals surface area contributed by atoms with E-state index in [9.17, 15) is 18.0 Å². The molecule has 1 saturated carbocycles. The van der Waals surface area contributed by atoms with Gasteiger partial charge in [-0.3, -0.25) is 9.78 Å². The van der Waals surface area contributed by atoms with Gasteiger partial charge >= 0.3 is 6.18 Å². The summed E-state index contributed by atoms with van der Waals surface area (Å²) in [5.74, 6) is 0.267. The fourth-order valence-corrected chi connectivity index (χ4v) is 7.46. The second kappa shape index (κ2) is 9.31. The van der Waals surface area contributed by atoms with E-state index in [0.717, 1.165) is 41.5 Å². The molecule has 7 rings (SSSR count). The Kier molecular flexibility index (Phi) is 5.94. The Morgan fingerprint density at radius 2 is 2.02 bits per heavy atom. The second-order valence-corrected chi connectivity index (χ2v) is 12.2. The molecule has 5 heterocycles. The Labute approximate surface area is 232 Å². The summed E-state index contributed by atoms with van der Waals surface area (Å²) in [5.41, 5.74) is 2.38. The zero-order valence-corrected chi connectivity index (χ0v) is 22.7. The molecule has 1 aromatic carbocycles. The SMILES string of the molecule is Cc1ccnn(Cc2cc3nccc(-c4cc(C(F)(F)F)cc5c4N(C4CNC6(CCC6)C4)CCO5)c3s2)c1=O. The van der Waals surface area contributed by atoms with E-state index in [1.165, 1.54) is 28.5 Å². The molecule has 1 N–H and O–H groups in total. The maximum absolute atomic E-state index is 14.1. The van der Waals surface area contributed by atoms with Gasteiger partial charge in [0.05, 0.1) is 34.6 Å². The summed E-state index contributed by atoms with van der Waals surface area (Å²) in [4.78, 5) is 20.2. The minimum absolute atomic E-state index is 0.156. The molecule has 4 aromatic rings. The average Bonchev–Trinajstić information content (AvgIpc) is 3.54. The van der Waals surface area contributed by atoms with Crippen molar-refractivity contribution in [3.8, 4) is 16.9 Å². The van der Waals surface area contributed by atoms with Crippen LogP contribution in [0, 0.1) is 6.92 Å². The molecular weight excluding hydrogens is 539 g/mol. The van der Waals surface area contributed by atoms with E-state index in [2.05, 4.69) is 20.3 Å². The van der Waals surface area contributed by atoms with Crippen molar-refractivity contribution in [2.45, 2.75) is 56.9 Å². The zero-order chi connectivity index (χ0) is 27.6. The number of halogens is 3. The van der Waals surface area contributed by atoms with Crippen molar-refractivity contribution in [3.63, 3.8) is 0 Å². The van der Waals surface area contributed by atoms with Crippen molar-refractivity contribution in [2.24, 2.45) is 0 Å². The number of hydrogen-bond donors (Lipinski definition) is 1. The van der Waals surface area contributed by atoms with Crippen LogP contribution in [0.15, 0.2) is 47.5 Å². The van der Waals surface area contributed by atoms with Crippen LogP contribution in [0.5, 0.6) is 5.75 Å². The molecule has 1 aliphatic carbocycles. The van der Waals surface area contributed by atoms with Crippen molar-refractivity contribution >= 4 is 27.2 Å². The van der Waals surface area contributed by atoms with Gasteiger partial charge in [0.15, 0.2) is 0 Å². The third-order valence-corrected chi connectivity index (χ3v) is 9.67. The Hall–Kier alpha value is -3.44. The summed E-state index contributed by atoms with van der Waals surface area (Å²) in [6.45, 7) is 3.74. The molecule has 3 aliphatic rings. The van der Waals surface area contributed by atoms with Crippen molar-refractivity contribution in [1.29, 1.82) is 0 Å². The van der Waals surface area contributed by atoms with Gasteiger partial charge in [0.25, 0.3) is 5.56 Å². The molecular formula is C29H28F3N5O2S. The third kappa shape index (κ3) is 4.26. The Morgan fingerprint density at radius 1 is 1.18 bits per heavy atom. The Bertz CT molecular complexity index is 1680. The van der Waals surface area contributed by atoms with E-state index in [0.29, 0.717) is 41.0 Å². The zero-order valence-electron chi connectivity index (χ0n) is 21.9. The van der Waals surface area contributed by atoms with E-state index in [1.54, 1.807) is 31.5 Å². The maximum atomic E-state index is 14.1. The topological polar surface area (TPSA) is 72.3 Å². The van der Waals surface area contributed by atoms with Gasteiger partial charge in [0, 0.05) is 52.1 Å². The molecule has 3 aromatic heterocycles. The molecule has 40 heavy (non-hydrogen) atoms. The van der Waals surface area contributed by atoms with Gasteiger partial charge in [-0.05, 0) is 62.9 Å². The van der Waals surface area contributed by atoms with Crippen LogP contribution >= 0.6 is 11.3 Å². The van der Waals surface area contributed by atoms with Crippen LogP contribution in [0.3, 0.4) is 0 Å². The summed E-state index contributed by atoms with van der Waals surface area (Å²) < 4.78 is 50.4. The van der Waals surface area contributed by atoms with Crippen molar-refractivity contribution < 1.29 is 17.9 Å². The normalized spacial score (nSPS) is 20.0. The third-order valence-electron chi connectivity index (χ3n) is 8.53. The minimum Gasteiger partial charge on any atom is -0.490 e. The largest absolute Gasteiger partial charge is 0.490 e. The summed E-state index contributed by atoms with van der Waals surface area (Å²) in [7, 11) is 0. The highest BCUT2D eigenvalue weighted by Crippen LogP contribution is 2.50. The predicted octanol–water partition coefficient (Wildman–Crippen LogP) is 5.38. The fraction of sp³-hybridized carbons (Fsp3) is 0.414. The summed E-state index contributed by atoms with van der Waals surface area (Å²) in [6, 6.07) is 7.90. The van der Waals surface area contributed by atoms with Gasteiger partial charge in [-0.1, -0.05) is 0 Å². The first-order valence-electron chi connectivity index (χ1n) is 13.5. The molecule has 2 aliphatic heterocycles. The second-order valence-electron chi connectivity index (χ2n) is 11.0. The highest BCUT2D eigenvalue weighted by molar-refractivity contribution is 7.19. The predicted molar refractivity (Wildman–Crippen MR) is 148 cm³/mol. The van der Waals surface area contributed by atoms with Gasteiger partial charge in [-0.15, -0.1) is 11.3 Å². The molecule has 11 heteroatoms. The first-order valence-corrected chi connectivity index (χ1v) is 14.3. The fourth-order valence-electron chi connectivity index (χ4n) is 6.34. The molecule has 2 fully saturated rings. The van der Waals surface area contributed by atoms with Crippen LogP contribution in [0.2, 0.25) is 0 Å². The van der Waals surface area contributed by atoms with E-state index in [4.69, 9.17) is 4.74 Å². The lowest BCUT2D eigenvalue weighted by atomic mass is 9.75. The van der Waals surface area contributed by atoms with Gasteiger partial charge in [0.2, 0.25) is 0 Å². The molecule has 0 radical (unpaired) electrons. The molecule has 0 bridgehead atoms. The molecule has 1 unspecified atom stereocenters. The van der Waals surface area contributed by atoms with Crippen LogP contribution < -0.4 is 20.5 Å². The highest BCUT2D eigenvalue weighted by Gasteiger charge is 2.46. The van der Waals surface area contributed by atoms with Crippen LogP contribution in [0.4, 0.5) is 18.9 Å². The number of anilines is 1. The molecule has 0 amide bonds. The Morgan fingerprint density at radius 3 is 2.77 bits per heavy atom. The number of rotatable bonds is 4. The number of aryl methyl sites for hydroxylation is 1. The van der Waals surface area contributed by atoms with Crippen LogP contribution in [-0.2, 0) is 12.7 Å². The number of alkyl halides is 3. The lowest BCUT2D eigenvalue weighted by Crippen LogP contribution is -2.46. The number of nitrogens with one attached hydrogen (secondary N) is 1.